The van der Waals surface area contributed by atoms with Crippen LogP contribution < -0.4 is 9.80 Å². The number of nitrogens with zero attached hydrogens (tertiary/aromatic N) is 2. The summed E-state index contributed by atoms with van der Waals surface area (Å²) in [6.07, 6.45) is 6.99. The van der Waals surface area contributed by atoms with Crippen LogP contribution in [0.4, 0.5) is 22.7 Å². The van der Waals surface area contributed by atoms with Gasteiger partial charge in [-0.3, -0.25) is 0 Å². The zero-order valence-electron chi connectivity index (χ0n) is 32.3. The lowest BCUT2D eigenvalue weighted by molar-refractivity contribution is 0.607. The van der Waals surface area contributed by atoms with Gasteiger partial charge in [0.25, 0.3) is 0 Å². The van der Waals surface area contributed by atoms with Gasteiger partial charge in [0, 0.05) is 53.9 Å². The summed E-state index contributed by atoms with van der Waals surface area (Å²) in [7, 11) is 0. The maximum absolute atomic E-state index is 2.77. The number of anilines is 4. The standard InChI is InChI=1S/C52H44N2S2/c1-51(2)42-18-10-6-14-36(42)40-29-33(26-28-43(40)51)53(34-25-27-37-35-13-5-9-17-41(35)52(3,4)44(37)30-34)31-21-23-32(24-22-31)54-47-38-15-7-11-19-45(38)55-49(47)50-48(54)39-16-8-12-20-46(39)56-50/h5-8,10-16,18-30,47-50H,9,17H2,1-4H3. The first kappa shape index (κ1) is 33.3. The van der Waals surface area contributed by atoms with Crippen LogP contribution >= 0.6 is 23.5 Å². The lowest BCUT2D eigenvalue weighted by atomic mass is 9.78. The fraction of sp³-hybridized carbons (Fsp3) is 0.231. The molecule has 3 aliphatic heterocycles. The molecule has 0 spiro atoms. The minimum Gasteiger partial charge on any atom is -0.355 e. The molecule has 4 atom stereocenters. The molecule has 0 aromatic heterocycles. The van der Waals surface area contributed by atoms with Crippen molar-refractivity contribution in [2.75, 3.05) is 9.80 Å². The van der Waals surface area contributed by atoms with Crippen molar-refractivity contribution in [2.24, 2.45) is 0 Å². The van der Waals surface area contributed by atoms with Gasteiger partial charge in [0.2, 0.25) is 0 Å². The number of hydrogen-bond donors (Lipinski definition) is 0. The van der Waals surface area contributed by atoms with E-state index in [1.54, 1.807) is 5.57 Å². The van der Waals surface area contributed by atoms with Gasteiger partial charge in [0.15, 0.2) is 0 Å². The Kier molecular flexibility index (Phi) is 7.02. The Hall–Kier alpha value is -4.90. The second kappa shape index (κ2) is 11.8. The summed E-state index contributed by atoms with van der Waals surface area (Å²) in [6, 6.07) is 52.0. The zero-order valence-corrected chi connectivity index (χ0v) is 33.9. The van der Waals surface area contributed by atoms with Gasteiger partial charge < -0.3 is 9.80 Å². The molecular formula is C52H44N2S2. The second-order valence-corrected chi connectivity index (χ2v) is 19.9. The highest BCUT2D eigenvalue weighted by Crippen LogP contribution is 2.66. The van der Waals surface area contributed by atoms with Crippen molar-refractivity contribution in [1.82, 2.24) is 0 Å². The average molecular weight is 761 g/mol. The van der Waals surface area contributed by atoms with Crippen LogP contribution in [-0.2, 0) is 10.8 Å². The summed E-state index contributed by atoms with van der Waals surface area (Å²) >= 11 is 4.20. The van der Waals surface area contributed by atoms with Crippen LogP contribution in [0.5, 0.6) is 0 Å². The number of allylic oxidation sites excluding steroid dienone is 4. The van der Waals surface area contributed by atoms with Gasteiger partial charge in [0.05, 0.1) is 12.1 Å². The van der Waals surface area contributed by atoms with E-state index < -0.39 is 0 Å². The summed E-state index contributed by atoms with van der Waals surface area (Å²) in [6.45, 7) is 9.60. The zero-order chi connectivity index (χ0) is 37.5. The third-order valence-corrected chi connectivity index (χ3v) is 17.0. The normalized spacial score (nSPS) is 23.5. The first-order valence-corrected chi connectivity index (χ1v) is 22.0. The average Bonchev–Trinajstić information content (AvgIpc) is 3.98. The smallest absolute Gasteiger partial charge is 0.0694 e. The van der Waals surface area contributed by atoms with E-state index in [0.29, 0.717) is 22.6 Å². The second-order valence-electron chi connectivity index (χ2n) is 17.5. The molecule has 4 heteroatoms. The van der Waals surface area contributed by atoms with Gasteiger partial charge in [-0.2, -0.15) is 0 Å². The van der Waals surface area contributed by atoms with Gasteiger partial charge in [-0.1, -0.05) is 118 Å². The largest absolute Gasteiger partial charge is 0.355 e. The highest BCUT2D eigenvalue weighted by Gasteiger charge is 2.57. The lowest BCUT2D eigenvalue weighted by Gasteiger charge is -2.33. The van der Waals surface area contributed by atoms with Crippen molar-refractivity contribution in [1.29, 1.82) is 0 Å². The summed E-state index contributed by atoms with van der Waals surface area (Å²) in [5.74, 6) is 0. The minimum atomic E-state index is -0.0352. The topological polar surface area (TPSA) is 6.48 Å². The number of thioether (sulfide) groups is 2. The molecule has 0 radical (unpaired) electrons. The Balaban J connectivity index is 1.00. The van der Waals surface area contributed by atoms with Crippen molar-refractivity contribution in [3.8, 4) is 11.1 Å². The summed E-state index contributed by atoms with van der Waals surface area (Å²) in [4.78, 5) is 8.17. The molecule has 6 aromatic rings. The van der Waals surface area contributed by atoms with Crippen LogP contribution in [-0.4, -0.2) is 10.5 Å². The molecular weight excluding hydrogens is 717 g/mol. The maximum Gasteiger partial charge on any atom is 0.0694 e. The Morgan fingerprint density at radius 3 is 1.89 bits per heavy atom. The van der Waals surface area contributed by atoms with E-state index in [4.69, 9.17) is 0 Å². The SMILES string of the molecule is CC1(C)C2=C(C=CCC2)c2ccc(N(c3ccc(N4C5c6ccccc6SC5C5Sc6ccccc6C54)cc3)c3ccc4c(c3)-c3ccccc3C4(C)C)cc21. The number of hydrogen-bond acceptors (Lipinski definition) is 4. The molecule has 4 unspecified atom stereocenters. The molecule has 0 N–H and O–H groups in total. The van der Waals surface area contributed by atoms with Gasteiger partial charge in [0.1, 0.15) is 0 Å². The number of rotatable bonds is 4. The minimum absolute atomic E-state index is 0.00410. The van der Waals surface area contributed by atoms with E-state index in [0.717, 1.165) is 12.8 Å². The van der Waals surface area contributed by atoms with E-state index in [2.05, 4.69) is 207 Å². The molecule has 0 amide bonds. The Morgan fingerprint density at radius 1 is 0.554 bits per heavy atom. The van der Waals surface area contributed by atoms with Crippen molar-refractivity contribution in [2.45, 2.75) is 83.7 Å². The van der Waals surface area contributed by atoms with Crippen LogP contribution in [0.25, 0.3) is 16.7 Å². The van der Waals surface area contributed by atoms with Gasteiger partial charge in [-0.15, -0.1) is 23.5 Å². The van der Waals surface area contributed by atoms with Crippen LogP contribution in [0.2, 0.25) is 0 Å². The molecule has 6 aromatic carbocycles. The number of benzene rings is 6. The van der Waals surface area contributed by atoms with Gasteiger partial charge in [-0.25, -0.2) is 0 Å². The highest BCUT2D eigenvalue weighted by molar-refractivity contribution is 8.04. The molecule has 3 heterocycles. The van der Waals surface area contributed by atoms with Crippen LogP contribution in [0.1, 0.15) is 86.0 Å². The predicted molar refractivity (Wildman–Crippen MR) is 237 cm³/mol. The molecule has 0 bridgehead atoms. The van der Waals surface area contributed by atoms with Crippen molar-refractivity contribution in [3.05, 3.63) is 185 Å². The summed E-state index contributed by atoms with van der Waals surface area (Å²) in [5.41, 5.74) is 19.2. The van der Waals surface area contributed by atoms with Crippen LogP contribution in [0, 0.1) is 0 Å². The Bertz CT molecular complexity index is 2640. The van der Waals surface area contributed by atoms with Gasteiger partial charge >= 0.3 is 0 Å². The van der Waals surface area contributed by atoms with Gasteiger partial charge in [-0.05, 0) is 124 Å². The van der Waals surface area contributed by atoms with Crippen molar-refractivity contribution >= 4 is 51.8 Å². The molecule has 3 aliphatic carbocycles. The number of fused-ring (bicyclic) bond motifs is 12. The molecule has 6 aliphatic rings. The third kappa shape index (κ3) is 4.49. The predicted octanol–water partition coefficient (Wildman–Crippen LogP) is 14.1. The fourth-order valence-electron chi connectivity index (χ4n) is 11.3. The molecule has 2 nitrogen and oxygen atoms in total. The van der Waals surface area contributed by atoms with E-state index in [1.807, 2.05) is 0 Å². The van der Waals surface area contributed by atoms with Crippen LogP contribution in [0.3, 0.4) is 0 Å². The van der Waals surface area contributed by atoms with E-state index in [9.17, 15) is 0 Å². The maximum atomic E-state index is 2.77. The first-order valence-electron chi connectivity index (χ1n) is 20.3. The molecule has 1 saturated heterocycles. The van der Waals surface area contributed by atoms with E-state index in [-0.39, 0.29) is 10.8 Å². The molecule has 274 valence electrons. The van der Waals surface area contributed by atoms with E-state index >= 15 is 0 Å². The molecule has 1 fully saturated rings. The molecule has 56 heavy (non-hydrogen) atoms. The molecule has 0 saturated carbocycles. The van der Waals surface area contributed by atoms with Crippen molar-refractivity contribution < 1.29 is 0 Å². The molecule has 12 rings (SSSR count). The van der Waals surface area contributed by atoms with Crippen molar-refractivity contribution in [3.63, 3.8) is 0 Å². The first-order chi connectivity index (χ1) is 27.3. The third-order valence-electron chi connectivity index (χ3n) is 13.9. The monoisotopic (exact) mass is 760 g/mol. The Morgan fingerprint density at radius 2 is 1.16 bits per heavy atom. The lowest BCUT2D eigenvalue weighted by Crippen LogP contribution is -2.27. The summed E-state index contributed by atoms with van der Waals surface area (Å²) in [5, 5.41) is 1.02. The Labute approximate surface area is 339 Å². The highest BCUT2D eigenvalue weighted by atomic mass is 32.2. The fourth-order valence-corrected chi connectivity index (χ4v) is 14.5. The van der Waals surface area contributed by atoms with E-state index in [1.165, 1.54) is 82.6 Å². The van der Waals surface area contributed by atoms with Crippen LogP contribution in [0.15, 0.2) is 161 Å². The summed E-state index contributed by atoms with van der Waals surface area (Å²) < 4.78 is 0. The quantitative estimate of drug-likeness (QED) is 0.176.